The molecule has 0 bridgehead atoms. The second-order valence-corrected chi connectivity index (χ2v) is 19.5. The Morgan fingerprint density at radius 1 is 0.767 bits per heavy atom. The molecule has 0 N–H and O–H groups in total. The summed E-state index contributed by atoms with van der Waals surface area (Å²) in [6.07, 6.45) is -1.73. The Morgan fingerprint density at radius 3 is 1.65 bits per heavy atom. The number of carbonyl (C=O) groups is 2. The van der Waals surface area contributed by atoms with Crippen LogP contribution in [0.25, 0.3) is 10.2 Å². The summed E-state index contributed by atoms with van der Waals surface area (Å²) in [7, 11) is -3.01. The number of benzene rings is 3. The van der Waals surface area contributed by atoms with Crippen molar-refractivity contribution >= 4 is 73.5 Å². The van der Waals surface area contributed by atoms with Crippen molar-refractivity contribution in [3.63, 3.8) is 0 Å². The molecule has 3 aromatic carbocycles. The van der Waals surface area contributed by atoms with Crippen LogP contribution in [0.3, 0.4) is 0 Å². The molecule has 0 atom stereocenters. The number of hydrogen-bond acceptors (Lipinski definition) is 7. The molecule has 0 aliphatic carbocycles. The van der Waals surface area contributed by atoms with E-state index in [0.717, 1.165) is 24.4 Å². The smallest absolute Gasteiger partial charge is 0.426 e. The van der Waals surface area contributed by atoms with Crippen molar-refractivity contribution in [1.82, 2.24) is 4.98 Å². The maximum absolute atomic E-state index is 13.4. The molecule has 1 heterocycles. The van der Waals surface area contributed by atoms with Crippen molar-refractivity contribution in [1.29, 1.82) is 0 Å². The van der Waals surface area contributed by atoms with Crippen molar-refractivity contribution in [2.24, 2.45) is 0 Å². The summed E-state index contributed by atoms with van der Waals surface area (Å²) in [5.74, 6) is 0.550. The van der Waals surface area contributed by atoms with Gasteiger partial charge in [-0.15, -0.1) is 0 Å². The van der Waals surface area contributed by atoms with Crippen LogP contribution in [-0.4, -0.2) is 36.7 Å². The Bertz CT molecular complexity index is 1540. The number of amides is 2. The third kappa shape index (κ3) is 7.30. The molecular weight excluding hydrogens is 644 g/mol. The van der Waals surface area contributed by atoms with E-state index in [1.54, 1.807) is 41.5 Å². The zero-order valence-electron chi connectivity index (χ0n) is 26.2. The predicted molar refractivity (Wildman–Crippen MR) is 181 cm³/mol. The summed E-state index contributed by atoms with van der Waals surface area (Å²) >= 11 is 4.84. The fraction of sp³-hybridized carbons (Fsp3) is 0.364. The van der Waals surface area contributed by atoms with Gasteiger partial charge in [0.05, 0.1) is 4.70 Å². The van der Waals surface area contributed by atoms with Crippen molar-refractivity contribution in [3.8, 4) is 5.75 Å². The Hall–Kier alpha value is -3.21. The van der Waals surface area contributed by atoms with E-state index in [4.69, 9.17) is 18.9 Å². The van der Waals surface area contributed by atoms with Crippen molar-refractivity contribution < 1.29 is 23.5 Å². The molecule has 10 heteroatoms. The molecule has 0 aliphatic rings. The molecule has 0 aliphatic heterocycles. The van der Waals surface area contributed by atoms with Gasteiger partial charge in [0.1, 0.15) is 22.5 Å². The highest BCUT2D eigenvalue weighted by Crippen LogP contribution is 2.43. The van der Waals surface area contributed by atoms with Crippen LogP contribution in [0.1, 0.15) is 62.3 Å². The normalized spacial score (nSPS) is 12.6. The van der Waals surface area contributed by atoms with E-state index in [9.17, 15) is 9.59 Å². The number of imide groups is 1. The molecule has 0 fully saturated rings. The molecule has 7 nitrogen and oxygen atoms in total. The van der Waals surface area contributed by atoms with Crippen molar-refractivity contribution in [3.05, 3.63) is 77.3 Å². The molecule has 0 unspecified atom stereocenters. The second kappa shape index (κ2) is 12.1. The molecule has 1 aromatic heterocycles. The minimum absolute atomic E-state index is 0.129. The first-order chi connectivity index (χ1) is 19.9. The van der Waals surface area contributed by atoms with Gasteiger partial charge in [-0.1, -0.05) is 109 Å². The zero-order valence-corrected chi connectivity index (χ0v) is 29.6. The van der Waals surface area contributed by atoms with Gasteiger partial charge in [-0.05, 0) is 69.1 Å². The van der Waals surface area contributed by atoms with E-state index >= 15 is 0 Å². The Labute approximate surface area is 267 Å². The van der Waals surface area contributed by atoms with Crippen LogP contribution in [-0.2, 0) is 9.47 Å². The van der Waals surface area contributed by atoms with E-state index in [0.29, 0.717) is 11.3 Å². The third-order valence-corrected chi connectivity index (χ3v) is 12.8. The summed E-state index contributed by atoms with van der Waals surface area (Å²) in [6, 6.07) is 24.4. The fourth-order valence-electron chi connectivity index (χ4n) is 4.79. The summed E-state index contributed by atoms with van der Waals surface area (Å²) in [5, 5.41) is 2.06. The number of carbonyl (C=O) groups excluding carboxylic acids is 2. The van der Waals surface area contributed by atoms with Gasteiger partial charge in [0.25, 0.3) is 0 Å². The molecule has 0 spiro atoms. The van der Waals surface area contributed by atoms with Gasteiger partial charge in [-0.25, -0.2) is 14.6 Å². The number of rotatable bonds is 5. The molecule has 2 amide bonds. The van der Waals surface area contributed by atoms with E-state index in [1.165, 1.54) is 11.3 Å². The lowest BCUT2D eigenvalue weighted by Crippen LogP contribution is -2.68. The summed E-state index contributed by atoms with van der Waals surface area (Å²) in [4.78, 5) is 32.5. The van der Waals surface area contributed by atoms with E-state index in [2.05, 4.69) is 61.0 Å². The van der Waals surface area contributed by atoms with Crippen LogP contribution in [0.2, 0.25) is 5.04 Å². The topological polar surface area (TPSA) is 78.0 Å². The van der Waals surface area contributed by atoms with Crippen molar-refractivity contribution in [2.75, 3.05) is 4.90 Å². The van der Waals surface area contributed by atoms with E-state index in [1.807, 2.05) is 48.5 Å². The van der Waals surface area contributed by atoms with Gasteiger partial charge < -0.3 is 13.9 Å². The lowest BCUT2D eigenvalue weighted by Gasteiger charge is -2.43. The first-order valence-corrected chi connectivity index (χ1v) is 17.6. The maximum atomic E-state index is 13.4. The number of nitrogens with zero attached hydrogens (tertiary/aromatic N) is 2. The number of halogens is 1. The van der Waals surface area contributed by atoms with E-state index < -0.39 is 31.7 Å². The van der Waals surface area contributed by atoms with Crippen LogP contribution >= 0.6 is 27.3 Å². The summed E-state index contributed by atoms with van der Waals surface area (Å²) < 4.78 is 20.0. The number of fused-ring (bicyclic) bond motifs is 1. The van der Waals surface area contributed by atoms with Gasteiger partial charge in [-0.2, -0.15) is 4.90 Å². The number of thiazole rings is 1. The number of ether oxygens (including phenoxy) is 2. The first-order valence-electron chi connectivity index (χ1n) is 14.1. The third-order valence-electron chi connectivity index (χ3n) is 6.44. The van der Waals surface area contributed by atoms with Gasteiger partial charge >= 0.3 is 20.5 Å². The Morgan fingerprint density at radius 2 is 1.23 bits per heavy atom. The SMILES string of the molecule is CC(C)(C)OC(=O)N(C(=O)OC(C)(C)C)c1nc2c(O[Si](c3ccccc3)(c3ccccc3)C(C)(C)C)cc(Br)cc2s1. The largest absolute Gasteiger partial charge is 0.532 e. The maximum Gasteiger partial charge on any atom is 0.426 e. The van der Waals surface area contributed by atoms with Crippen LogP contribution in [0.15, 0.2) is 77.3 Å². The molecule has 4 aromatic rings. The van der Waals surface area contributed by atoms with Crippen LogP contribution < -0.4 is 19.7 Å². The average Bonchev–Trinajstić information content (AvgIpc) is 3.28. The van der Waals surface area contributed by atoms with Gasteiger partial charge in [-0.3, -0.25) is 0 Å². The Balaban J connectivity index is 1.93. The highest BCUT2D eigenvalue weighted by molar-refractivity contribution is 9.10. The first kappa shape index (κ1) is 32.7. The lowest BCUT2D eigenvalue weighted by molar-refractivity contribution is 0.0430. The lowest BCUT2D eigenvalue weighted by atomic mass is 10.2. The summed E-state index contributed by atoms with van der Waals surface area (Å²) in [5.41, 5.74) is -1.14. The minimum Gasteiger partial charge on any atom is -0.532 e. The van der Waals surface area contributed by atoms with Crippen LogP contribution in [0.5, 0.6) is 5.75 Å². The summed E-state index contributed by atoms with van der Waals surface area (Å²) in [6.45, 7) is 17.0. The van der Waals surface area contributed by atoms with Crippen LogP contribution in [0, 0.1) is 0 Å². The molecular formula is C33H39BrN2O5SSi. The molecule has 0 saturated heterocycles. The Kier molecular flexibility index (Phi) is 9.16. The minimum atomic E-state index is -3.01. The molecule has 43 heavy (non-hydrogen) atoms. The average molecular weight is 684 g/mol. The number of aromatic nitrogens is 1. The highest BCUT2D eigenvalue weighted by Gasteiger charge is 2.52. The molecule has 228 valence electrons. The predicted octanol–water partition coefficient (Wildman–Crippen LogP) is 8.67. The monoisotopic (exact) mass is 682 g/mol. The molecule has 0 radical (unpaired) electrons. The van der Waals surface area contributed by atoms with Gasteiger partial charge in [0.15, 0.2) is 0 Å². The second-order valence-electron chi connectivity index (χ2n) is 13.3. The highest BCUT2D eigenvalue weighted by atomic mass is 79.9. The van der Waals surface area contributed by atoms with Gasteiger partial charge in [0.2, 0.25) is 5.13 Å². The zero-order chi connectivity index (χ0) is 31.8. The quantitative estimate of drug-likeness (QED) is 0.196. The molecule has 4 rings (SSSR count). The standard InChI is InChI=1S/C33H39BrN2O5SSi/c1-31(2,3)39-29(37)36(30(38)40-32(4,5)6)28-35-27-25(20-22(34)21-26(27)42-28)41-43(33(7,8)9,23-16-12-10-13-17-23)24-18-14-11-15-19-24/h10-21H,1-9H3. The number of anilines is 1. The van der Waals surface area contributed by atoms with Crippen LogP contribution in [0.4, 0.5) is 14.7 Å². The number of hydrogen-bond donors (Lipinski definition) is 0. The fourth-order valence-corrected chi connectivity index (χ4v) is 10.8. The molecule has 0 saturated carbocycles. The van der Waals surface area contributed by atoms with Gasteiger partial charge in [0, 0.05) is 4.47 Å². The van der Waals surface area contributed by atoms with E-state index in [-0.39, 0.29) is 10.2 Å². The van der Waals surface area contributed by atoms with Crippen molar-refractivity contribution in [2.45, 2.75) is 78.6 Å².